The molecule has 3 aromatic rings. The van der Waals surface area contributed by atoms with Crippen molar-refractivity contribution >= 4 is 28.4 Å². The third kappa shape index (κ3) is 2.15. The summed E-state index contributed by atoms with van der Waals surface area (Å²) in [6.45, 7) is 0. The zero-order valence-electron chi connectivity index (χ0n) is 11.0. The summed E-state index contributed by atoms with van der Waals surface area (Å²) < 4.78 is 19.1. The van der Waals surface area contributed by atoms with Gasteiger partial charge in [0.1, 0.15) is 22.8 Å². The molecule has 4 nitrogen and oxygen atoms in total. The first-order chi connectivity index (χ1) is 10.1. The van der Waals surface area contributed by atoms with Gasteiger partial charge in [-0.2, -0.15) is 0 Å². The van der Waals surface area contributed by atoms with E-state index in [4.69, 9.17) is 16.3 Å². The molecule has 0 unspecified atom stereocenters. The molecule has 0 fully saturated rings. The SMILES string of the molecule is COc1cccc(F)c1C(=O)c1c[nH]c2nccc(Cl)c12. The van der Waals surface area contributed by atoms with Gasteiger partial charge in [-0.15, -0.1) is 0 Å². The number of fused-ring (bicyclic) bond motifs is 1. The van der Waals surface area contributed by atoms with Crippen LogP contribution in [0.5, 0.6) is 5.75 Å². The van der Waals surface area contributed by atoms with Crippen molar-refractivity contribution in [3.8, 4) is 5.75 Å². The number of rotatable bonds is 3. The minimum absolute atomic E-state index is 0.124. The fourth-order valence-electron chi connectivity index (χ4n) is 2.23. The number of aromatic nitrogens is 2. The number of hydrogen-bond donors (Lipinski definition) is 1. The first-order valence-corrected chi connectivity index (χ1v) is 6.50. The number of carbonyl (C=O) groups excluding carboxylic acids is 1. The number of H-pyrrole nitrogens is 1. The van der Waals surface area contributed by atoms with Crippen LogP contribution in [0.2, 0.25) is 5.02 Å². The summed E-state index contributed by atoms with van der Waals surface area (Å²) in [5.41, 5.74) is 0.605. The molecule has 6 heteroatoms. The number of ether oxygens (including phenoxy) is 1. The number of nitrogens with zero attached hydrogens (tertiary/aromatic N) is 1. The highest BCUT2D eigenvalue weighted by molar-refractivity contribution is 6.37. The molecule has 106 valence electrons. The van der Waals surface area contributed by atoms with Crippen LogP contribution in [0, 0.1) is 5.82 Å². The van der Waals surface area contributed by atoms with Gasteiger partial charge in [-0.05, 0) is 18.2 Å². The van der Waals surface area contributed by atoms with Gasteiger partial charge in [0.05, 0.1) is 17.7 Å². The summed E-state index contributed by atoms with van der Waals surface area (Å²) >= 11 is 6.11. The van der Waals surface area contributed by atoms with Gasteiger partial charge in [-0.25, -0.2) is 9.37 Å². The average molecular weight is 305 g/mol. The van der Waals surface area contributed by atoms with Crippen LogP contribution in [0.25, 0.3) is 11.0 Å². The summed E-state index contributed by atoms with van der Waals surface area (Å²) in [6, 6.07) is 5.80. The Bertz CT molecular complexity index is 845. The highest BCUT2D eigenvalue weighted by Gasteiger charge is 2.23. The second-order valence-corrected chi connectivity index (χ2v) is 4.77. The van der Waals surface area contributed by atoms with E-state index in [2.05, 4.69) is 9.97 Å². The number of benzene rings is 1. The maximum Gasteiger partial charge on any atom is 0.201 e. The van der Waals surface area contributed by atoms with Crippen LogP contribution in [0.3, 0.4) is 0 Å². The zero-order chi connectivity index (χ0) is 15.0. The number of carbonyl (C=O) groups is 1. The lowest BCUT2D eigenvalue weighted by Crippen LogP contribution is -2.06. The maximum atomic E-state index is 14.0. The van der Waals surface area contributed by atoms with Gasteiger partial charge in [0, 0.05) is 17.8 Å². The molecular formula is C15H10ClFN2O2. The van der Waals surface area contributed by atoms with Gasteiger partial charge in [-0.3, -0.25) is 4.79 Å². The van der Waals surface area contributed by atoms with Gasteiger partial charge in [0.25, 0.3) is 0 Å². The molecule has 21 heavy (non-hydrogen) atoms. The number of pyridine rings is 1. The topological polar surface area (TPSA) is 55.0 Å². The van der Waals surface area contributed by atoms with Gasteiger partial charge >= 0.3 is 0 Å². The molecule has 3 rings (SSSR count). The summed E-state index contributed by atoms with van der Waals surface area (Å²) in [6.07, 6.45) is 3.00. The first-order valence-electron chi connectivity index (χ1n) is 6.12. The van der Waals surface area contributed by atoms with Crippen molar-refractivity contribution < 1.29 is 13.9 Å². The Kier molecular flexibility index (Phi) is 3.35. The molecule has 0 saturated carbocycles. The van der Waals surface area contributed by atoms with Crippen molar-refractivity contribution in [2.45, 2.75) is 0 Å². The molecule has 0 aliphatic carbocycles. The Morgan fingerprint density at radius 1 is 1.38 bits per heavy atom. The van der Waals surface area contributed by atoms with E-state index in [-0.39, 0.29) is 16.9 Å². The number of nitrogens with one attached hydrogen (secondary N) is 1. The van der Waals surface area contributed by atoms with E-state index in [9.17, 15) is 9.18 Å². The summed E-state index contributed by atoms with van der Waals surface area (Å²) in [5, 5.41) is 0.842. The van der Waals surface area contributed by atoms with E-state index in [0.29, 0.717) is 16.1 Å². The standard InChI is InChI=1S/C15H10ClFN2O2/c1-21-11-4-2-3-10(17)13(11)14(20)8-7-19-15-12(8)9(16)5-6-18-15/h2-7H,1H3,(H,18,19). The van der Waals surface area contributed by atoms with Crippen LogP contribution in [0.15, 0.2) is 36.7 Å². The molecule has 1 N–H and O–H groups in total. The normalized spacial score (nSPS) is 10.8. The van der Waals surface area contributed by atoms with E-state index in [1.165, 1.54) is 37.7 Å². The van der Waals surface area contributed by atoms with Gasteiger partial charge in [0.15, 0.2) is 0 Å². The number of halogens is 2. The Morgan fingerprint density at radius 3 is 2.95 bits per heavy atom. The molecule has 0 radical (unpaired) electrons. The van der Waals surface area contributed by atoms with E-state index in [1.54, 1.807) is 6.07 Å². The van der Waals surface area contributed by atoms with Crippen LogP contribution in [0.1, 0.15) is 15.9 Å². The molecule has 0 atom stereocenters. The van der Waals surface area contributed by atoms with Crippen molar-refractivity contribution in [1.82, 2.24) is 9.97 Å². The van der Waals surface area contributed by atoms with Crippen molar-refractivity contribution in [2.75, 3.05) is 7.11 Å². The molecule has 0 amide bonds. The molecule has 2 heterocycles. The maximum absolute atomic E-state index is 14.0. The zero-order valence-corrected chi connectivity index (χ0v) is 11.7. The van der Waals surface area contributed by atoms with Crippen LogP contribution in [-0.4, -0.2) is 22.9 Å². The molecule has 1 aromatic carbocycles. The number of methoxy groups -OCH3 is 1. The fourth-order valence-corrected chi connectivity index (χ4v) is 2.47. The minimum atomic E-state index is -0.645. The minimum Gasteiger partial charge on any atom is -0.496 e. The van der Waals surface area contributed by atoms with E-state index in [0.717, 1.165) is 0 Å². The molecule has 0 bridgehead atoms. The fraction of sp³-hybridized carbons (Fsp3) is 0.0667. The molecule has 0 aliphatic heterocycles. The average Bonchev–Trinajstić information content (AvgIpc) is 2.91. The Morgan fingerprint density at radius 2 is 2.19 bits per heavy atom. The number of ketones is 1. The third-order valence-electron chi connectivity index (χ3n) is 3.19. The highest BCUT2D eigenvalue weighted by Crippen LogP contribution is 2.30. The van der Waals surface area contributed by atoms with E-state index < -0.39 is 11.6 Å². The van der Waals surface area contributed by atoms with Crippen LogP contribution < -0.4 is 4.74 Å². The van der Waals surface area contributed by atoms with Gasteiger partial charge < -0.3 is 9.72 Å². The number of hydrogen-bond acceptors (Lipinski definition) is 3. The molecular weight excluding hydrogens is 295 g/mol. The molecule has 0 aliphatic rings. The third-order valence-corrected chi connectivity index (χ3v) is 3.50. The molecule has 2 aromatic heterocycles. The predicted molar refractivity (Wildman–Crippen MR) is 77.5 cm³/mol. The van der Waals surface area contributed by atoms with Gasteiger partial charge in [0.2, 0.25) is 5.78 Å². The van der Waals surface area contributed by atoms with E-state index in [1.807, 2.05) is 0 Å². The van der Waals surface area contributed by atoms with Crippen molar-refractivity contribution in [3.05, 3.63) is 58.6 Å². The van der Waals surface area contributed by atoms with Crippen molar-refractivity contribution in [3.63, 3.8) is 0 Å². The van der Waals surface area contributed by atoms with Gasteiger partial charge in [-0.1, -0.05) is 17.7 Å². The Hall–Kier alpha value is -2.40. The second-order valence-electron chi connectivity index (χ2n) is 4.36. The molecule has 0 spiro atoms. The predicted octanol–water partition coefficient (Wildman–Crippen LogP) is 3.60. The van der Waals surface area contributed by atoms with Crippen molar-refractivity contribution in [1.29, 1.82) is 0 Å². The lowest BCUT2D eigenvalue weighted by atomic mass is 10.0. The number of aromatic amines is 1. The quantitative estimate of drug-likeness (QED) is 0.752. The van der Waals surface area contributed by atoms with Crippen LogP contribution in [0.4, 0.5) is 4.39 Å². The summed E-state index contributed by atoms with van der Waals surface area (Å²) in [7, 11) is 1.38. The lowest BCUT2D eigenvalue weighted by Gasteiger charge is -2.08. The van der Waals surface area contributed by atoms with Crippen LogP contribution in [-0.2, 0) is 0 Å². The van der Waals surface area contributed by atoms with Crippen LogP contribution >= 0.6 is 11.6 Å². The smallest absolute Gasteiger partial charge is 0.201 e. The Labute approximate surface area is 124 Å². The highest BCUT2D eigenvalue weighted by atomic mass is 35.5. The summed E-state index contributed by atoms with van der Waals surface area (Å²) in [5.74, 6) is -0.978. The summed E-state index contributed by atoms with van der Waals surface area (Å²) in [4.78, 5) is 19.6. The monoisotopic (exact) mass is 304 g/mol. The van der Waals surface area contributed by atoms with E-state index >= 15 is 0 Å². The second kappa shape index (κ2) is 5.18. The largest absolute Gasteiger partial charge is 0.496 e. The molecule has 0 saturated heterocycles. The van der Waals surface area contributed by atoms with Crippen molar-refractivity contribution in [2.24, 2.45) is 0 Å². The Balaban J connectivity index is 2.23. The lowest BCUT2D eigenvalue weighted by molar-refractivity contribution is 0.103. The first kappa shape index (κ1) is 13.6.